The number of nitrogens with zero attached hydrogens (tertiary/aromatic N) is 3. The second-order valence-corrected chi connectivity index (χ2v) is 7.40. The molecule has 2 aliphatic rings. The van der Waals surface area contributed by atoms with Gasteiger partial charge in [0.25, 0.3) is 5.91 Å². The van der Waals surface area contributed by atoms with E-state index < -0.39 is 0 Å². The van der Waals surface area contributed by atoms with Gasteiger partial charge in [-0.3, -0.25) is 9.78 Å². The van der Waals surface area contributed by atoms with Gasteiger partial charge < -0.3 is 9.64 Å². The fourth-order valence-corrected chi connectivity index (χ4v) is 3.64. The lowest BCUT2D eigenvalue weighted by Gasteiger charge is -2.38. The molecule has 1 aromatic heterocycles. The van der Waals surface area contributed by atoms with Crippen LogP contribution in [0.4, 0.5) is 0 Å². The van der Waals surface area contributed by atoms with E-state index in [2.05, 4.69) is 34.2 Å². The normalized spacial score (nSPS) is 23.0. The Balaban J connectivity index is 1.45. The average Bonchev–Trinajstić information content (AvgIpc) is 3.52. The van der Waals surface area contributed by atoms with Crippen LogP contribution in [-0.4, -0.2) is 46.6 Å². The van der Waals surface area contributed by atoms with Crippen molar-refractivity contribution in [3.8, 4) is 0 Å². The Kier molecular flexibility index (Phi) is 5.25. The number of piperidine rings is 1. The number of rotatable bonds is 6. The van der Waals surface area contributed by atoms with Gasteiger partial charge in [0, 0.05) is 38.0 Å². The van der Waals surface area contributed by atoms with Crippen LogP contribution in [0.25, 0.3) is 0 Å². The molecule has 4 rings (SSSR count). The zero-order valence-electron chi connectivity index (χ0n) is 15.0. The number of aromatic nitrogens is 2. The number of hydrogen-bond donors (Lipinski definition) is 0. The van der Waals surface area contributed by atoms with Gasteiger partial charge in [-0.05, 0) is 37.2 Å². The number of hydrogen-bond acceptors (Lipinski definition) is 4. The third-order valence-corrected chi connectivity index (χ3v) is 5.32. The van der Waals surface area contributed by atoms with Crippen LogP contribution in [0.5, 0.6) is 0 Å². The average molecular weight is 351 g/mol. The second-order valence-electron chi connectivity index (χ2n) is 7.40. The molecule has 1 aromatic carbocycles. The molecule has 0 spiro atoms. The van der Waals surface area contributed by atoms with E-state index in [1.165, 1.54) is 18.4 Å². The number of likely N-dealkylation sites (tertiary alicyclic amines) is 1. The topological polar surface area (TPSA) is 55.3 Å². The maximum Gasteiger partial charge on any atom is 0.274 e. The lowest BCUT2D eigenvalue weighted by Crippen LogP contribution is -2.48. The summed E-state index contributed by atoms with van der Waals surface area (Å²) >= 11 is 0. The monoisotopic (exact) mass is 351 g/mol. The lowest BCUT2D eigenvalue weighted by atomic mass is 9.88. The summed E-state index contributed by atoms with van der Waals surface area (Å²) in [7, 11) is 0. The Bertz CT molecular complexity index is 719. The summed E-state index contributed by atoms with van der Waals surface area (Å²) in [4.78, 5) is 22.9. The van der Waals surface area contributed by atoms with Crippen LogP contribution in [-0.2, 0) is 11.2 Å². The standard InChI is InChI=1S/C21H25N3O2/c25-21(19-13-22-9-10-23-19)24-11-8-20(26-15-17-6-7-17)18(14-24)12-16-4-2-1-3-5-16/h1-5,9-10,13,17-18,20H,6-8,11-12,14-15H2/t18-,20+/m0/s1. The molecule has 2 fully saturated rings. The third kappa shape index (κ3) is 4.28. The van der Waals surface area contributed by atoms with E-state index in [1.807, 2.05) is 11.0 Å². The van der Waals surface area contributed by atoms with Crippen molar-refractivity contribution in [2.45, 2.75) is 31.8 Å². The Hall–Kier alpha value is -2.27. The Labute approximate surface area is 154 Å². The highest BCUT2D eigenvalue weighted by molar-refractivity contribution is 5.92. The molecule has 5 nitrogen and oxygen atoms in total. The first-order chi connectivity index (χ1) is 12.8. The summed E-state index contributed by atoms with van der Waals surface area (Å²) in [6, 6.07) is 10.5. The molecular weight excluding hydrogens is 326 g/mol. The number of carbonyl (C=O) groups is 1. The van der Waals surface area contributed by atoms with Gasteiger partial charge in [0.05, 0.1) is 12.3 Å². The first-order valence-corrected chi connectivity index (χ1v) is 9.50. The van der Waals surface area contributed by atoms with Crippen LogP contribution < -0.4 is 0 Å². The van der Waals surface area contributed by atoms with E-state index in [0.29, 0.717) is 18.2 Å². The molecule has 1 aliphatic carbocycles. The minimum atomic E-state index is -0.0307. The smallest absolute Gasteiger partial charge is 0.274 e. The van der Waals surface area contributed by atoms with Gasteiger partial charge in [-0.25, -0.2) is 4.98 Å². The molecule has 1 aliphatic heterocycles. The molecular formula is C21H25N3O2. The largest absolute Gasteiger partial charge is 0.377 e. The Morgan fingerprint density at radius 2 is 2.00 bits per heavy atom. The van der Waals surface area contributed by atoms with E-state index in [0.717, 1.165) is 31.9 Å². The second kappa shape index (κ2) is 7.96. The molecule has 0 unspecified atom stereocenters. The quantitative estimate of drug-likeness (QED) is 0.803. The Morgan fingerprint density at radius 1 is 1.15 bits per heavy atom. The van der Waals surface area contributed by atoms with E-state index in [9.17, 15) is 4.79 Å². The van der Waals surface area contributed by atoms with Crippen LogP contribution in [0.1, 0.15) is 35.3 Å². The van der Waals surface area contributed by atoms with Crippen LogP contribution >= 0.6 is 0 Å². The van der Waals surface area contributed by atoms with Crippen molar-refractivity contribution < 1.29 is 9.53 Å². The minimum absolute atomic E-state index is 0.0307. The van der Waals surface area contributed by atoms with Gasteiger partial charge in [-0.1, -0.05) is 30.3 Å². The zero-order valence-corrected chi connectivity index (χ0v) is 15.0. The molecule has 2 aromatic rings. The molecule has 26 heavy (non-hydrogen) atoms. The summed E-state index contributed by atoms with van der Waals surface area (Å²) in [5.74, 6) is 1.04. The molecule has 136 valence electrons. The molecule has 2 heterocycles. The van der Waals surface area contributed by atoms with Crippen molar-refractivity contribution in [1.29, 1.82) is 0 Å². The van der Waals surface area contributed by atoms with Gasteiger partial charge in [-0.2, -0.15) is 0 Å². The van der Waals surface area contributed by atoms with Crippen LogP contribution in [0, 0.1) is 11.8 Å². The van der Waals surface area contributed by atoms with E-state index in [4.69, 9.17) is 4.74 Å². The van der Waals surface area contributed by atoms with Crippen molar-refractivity contribution in [3.63, 3.8) is 0 Å². The molecule has 1 saturated heterocycles. The molecule has 5 heteroatoms. The maximum absolute atomic E-state index is 12.8. The van der Waals surface area contributed by atoms with Gasteiger partial charge in [-0.15, -0.1) is 0 Å². The number of amides is 1. The predicted molar refractivity (Wildman–Crippen MR) is 98.7 cm³/mol. The highest BCUT2D eigenvalue weighted by Gasteiger charge is 2.34. The molecule has 1 saturated carbocycles. The van der Waals surface area contributed by atoms with Gasteiger partial charge in [0.15, 0.2) is 0 Å². The molecule has 0 N–H and O–H groups in total. The summed E-state index contributed by atoms with van der Waals surface area (Å²) in [5.41, 5.74) is 1.72. The van der Waals surface area contributed by atoms with Gasteiger partial charge in [0.2, 0.25) is 0 Å². The minimum Gasteiger partial charge on any atom is -0.377 e. The molecule has 0 bridgehead atoms. The van der Waals surface area contributed by atoms with Crippen molar-refractivity contribution in [1.82, 2.24) is 14.9 Å². The summed E-state index contributed by atoms with van der Waals surface area (Å²) in [6.07, 6.45) is 9.34. The third-order valence-electron chi connectivity index (χ3n) is 5.32. The van der Waals surface area contributed by atoms with Gasteiger partial charge in [0.1, 0.15) is 5.69 Å². The van der Waals surface area contributed by atoms with Crippen LogP contribution in [0.15, 0.2) is 48.9 Å². The highest BCUT2D eigenvalue weighted by Crippen LogP contribution is 2.32. The van der Waals surface area contributed by atoms with Crippen molar-refractivity contribution in [2.24, 2.45) is 11.8 Å². The Morgan fingerprint density at radius 3 is 2.73 bits per heavy atom. The molecule has 0 radical (unpaired) electrons. The fourth-order valence-electron chi connectivity index (χ4n) is 3.64. The first kappa shape index (κ1) is 17.2. The molecule has 2 atom stereocenters. The summed E-state index contributed by atoms with van der Waals surface area (Å²) in [5, 5.41) is 0. The number of benzene rings is 1. The van der Waals surface area contributed by atoms with Crippen molar-refractivity contribution in [3.05, 3.63) is 60.2 Å². The lowest BCUT2D eigenvalue weighted by molar-refractivity contribution is -0.0327. The van der Waals surface area contributed by atoms with E-state index in [-0.39, 0.29) is 12.0 Å². The van der Waals surface area contributed by atoms with E-state index >= 15 is 0 Å². The van der Waals surface area contributed by atoms with E-state index in [1.54, 1.807) is 18.6 Å². The number of ether oxygens (including phenoxy) is 1. The maximum atomic E-state index is 12.8. The van der Waals surface area contributed by atoms with Crippen LogP contribution in [0.3, 0.4) is 0 Å². The van der Waals surface area contributed by atoms with Crippen molar-refractivity contribution >= 4 is 5.91 Å². The SMILES string of the molecule is O=C(c1cnccn1)N1CC[C@@H](OCC2CC2)[C@@H](Cc2ccccc2)C1. The van der Waals surface area contributed by atoms with Gasteiger partial charge >= 0.3 is 0 Å². The molecule has 1 amide bonds. The first-order valence-electron chi connectivity index (χ1n) is 9.50. The fraction of sp³-hybridized carbons (Fsp3) is 0.476. The van der Waals surface area contributed by atoms with Crippen molar-refractivity contribution in [2.75, 3.05) is 19.7 Å². The zero-order chi connectivity index (χ0) is 17.8. The highest BCUT2D eigenvalue weighted by atomic mass is 16.5. The number of carbonyl (C=O) groups excluding carboxylic acids is 1. The van der Waals surface area contributed by atoms with Crippen LogP contribution in [0.2, 0.25) is 0 Å². The predicted octanol–water partition coefficient (Wildman–Crippen LogP) is 2.98. The summed E-state index contributed by atoms with van der Waals surface area (Å²) in [6.45, 7) is 2.30. The summed E-state index contributed by atoms with van der Waals surface area (Å²) < 4.78 is 6.26.